The molecule has 0 amide bonds. The smallest absolute Gasteiger partial charge is 0.490 e. The van der Waals surface area contributed by atoms with Crippen LogP contribution in [0.2, 0.25) is 0 Å². The first-order chi connectivity index (χ1) is 29.1. The maximum atomic E-state index is 14.0. The highest BCUT2D eigenvalue weighted by atomic mass is 19.4. The van der Waals surface area contributed by atoms with E-state index in [4.69, 9.17) is 18.7 Å². The van der Waals surface area contributed by atoms with Crippen molar-refractivity contribution in [3.05, 3.63) is 119 Å². The highest BCUT2D eigenvalue weighted by Gasteiger charge is 2.38. The third-order valence-electron chi connectivity index (χ3n) is 9.64. The minimum atomic E-state index is -4.71. The number of unbranched alkanes of at least 4 members (excludes halogenated alkanes) is 10. The van der Waals surface area contributed by atoms with Crippen LogP contribution in [0, 0.1) is 6.07 Å². The molecule has 0 saturated carbocycles. The van der Waals surface area contributed by atoms with Crippen LogP contribution in [0.1, 0.15) is 107 Å². The summed E-state index contributed by atoms with van der Waals surface area (Å²) >= 11 is 0. The van der Waals surface area contributed by atoms with Crippen LogP contribution in [0.4, 0.5) is 58.4 Å². The van der Waals surface area contributed by atoms with E-state index in [2.05, 4.69) is 13.0 Å². The number of nitrogens with one attached hydrogen (secondary N) is 1. The van der Waals surface area contributed by atoms with Crippen molar-refractivity contribution in [2.45, 2.75) is 115 Å². The van der Waals surface area contributed by atoms with Crippen molar-refractivity contribution in [2.24, 2.45) is 0 Å². The Morgan fingerprint density at radius 3 is 1.29 bits per heavy atom. The summed E-state index contributed by atoms with van der Waals surface area (Å²) in [5.74, 6) is -0.471. The van der Waals surface area contributed by atoms with E-state index in [1.165, 1.54) is 51.3 Å². The van der Waals surface area contributed by atoms with Crippen LogP contribution in [-0.4, -0.2) is 27.2 Å². The van der Waals surface area contributed by atoms with Gasteiger partial charge in [0.2, 0.25) is 0 Å². The normalized spacial score (nSPS) is 13.1. The largest absolute Gasteiger partial charge is 0.864 e. The first-order valence-electron chi connectivity index (χ1n) is 20.1. The van der Waals surface area contributed by atoms with Gasteiger partial charge >= 0.3 is 32.0 Å². The number of hydrogen-bond acceptors (Lipinski definition) is 4. The number of alkyl halides is 12. The highest BCUT2D eigenvalue weighted by molar-refractivity contribution is 6.39. The van der Waals surface area contributed by atoms with E-state index in [1.807, 2.05) is 0 Å². The molecule has 0 aliphatic rings. The third-order valence-corrected chi connectivity index (χ3v) is 9.64. The monoisotopic (exact) mass is 895 g/mol. The molecule has 1 N–H and O–H groups in total. The molecule has 5 nitrogen and oxygen atoms in total. The van der Waals surface area contributed by atoms with Gasteiger partial charge in [0.05, 0.1) is 23.2 Å². The molecular weight excluding hydrogens is 845 g/mol. The minimum Gasteiger partial charge on any atom is -0.490 e. The van der Waals surface area contributed by atoms with Gasteiger partial charge in [-0.05, 0) is 73.5 Å². The Balaban J connectivity index is 0.000000895. The predicted octanol–water partition coefficient (Wildman–Crippen LogP) is 13.6. The average molecular weight is 896 g/mol. The summed E-state index contributed by atoms with van der Waals surface area (Å²) in [5, 5.41) is 0. The van der Waals surface area contributed by atoms with E-state index in [1.54, 1.807) is 6.92 Å². The zero-order valence-electron chi connectivity index (χ0n) is 34.5. The zero-order chi connectivity index (χ0) is 46.0. The van der Waals surface area contributed by atoms with Gasteiger partial charge in [0.1, 0.15) is 11.5 Å². The highest BCUT2D eigenvalue weighted by Crippen LogP contribution is 2.36. The molecule has 0 radical (unpaired) electrons. The van der Waals surface area contributed by atoms with Gasteiger partial charge in [0, 0.05) is 20.1 Å². The Morgan fingerprint density at radius 1 is 0.516 bits per heavy atom. The van der Waals surface area contributed by atoms with E-state index >= 15 is 0 Å². The number of benzene rings is 4. The fourth-order valence-corrected chi connectivity index (χ4v) is 6.16. The van der Waals surface area contributed by atoms with Crippen LogP contribution in [0.15, 0.2) is 91.0 Å². The van der Waals surface area contributed by atoms with Gasteiger partial charge in [0.25, 0.3) is 0 Å². The molecule has 0 aromatic heterocycles. The molecule has 2 unspecified atom stereocenters. The SMILES string of the molecule is CCCCCCCCCCCCC[NH+](c1cc(C(F)(F)F)ccc1OB(Oc1ccc(C(F)(F)F)cc1)Oc1ccc(C(F)(F)F)cc1)C(C)OC.FC(F)(F)c1cc[c-]cc1. The van der Waals surface area contributed by atoms with Crippen LogP contribution in [-0.2, 0) is 29.4 Å². The summed E-state index contributed by atoms with van der Waals surface area (Å²) in [6.07, 6.45) is -6.96. The van der Waals surface area contributed by atoms with E-state index in [9.17, 15) is 52.7 Å². The maximum absolute atomic E-state index is 14.0. The van der Waals surface area contributed by atoms with E-state index in [0.717, 1.165) is 111 Å². The van der Waals surface area contributed by atoms with Gasteiger partial charge in [-0.25, -0.2) is 0 Å². The van der Waals surface area contributed by atoms with Crippen molar-refractivity contribution < 1.29 is 76.3 Å². The number of hydrogen-bond donors (Lipinski definition) is 1. The topological polar surface area (TPSA) is 41.4 Å². The van der Waals surface area contributed by atoms with Crippen LogP contribution in [0.25, 0.3) is 0 Å². The van der Waals surface area contributed by atoms with Crippen molar-refractivity contribution in [3.8, 4) is 17.2 Å². The Bertz CT molecular complexity index is 1790. The van der Waals surface area contributed by atoms with Crippen LogP contribution in [0.3, 0.4) is 0 Å². The maximum Gasteiger partial charge on any atom is 0.864 e. The molecule has 2 atom stereocenters. The second kappa shape index (κ2) is 24.3. The Kier molecular flexibility index (Phi) is 20.3. The summed E-state index contributed by atoms with van der Waals surface area (Å²) in [6, 6.07) is 16.7. The van der Waals surface area contributed by atoms with Gasteiger partial charge in [0.15, 0.2) is 17.7 Å². The quantitative estimate of drug-likeness (QED) is 0.0297. The first kappa shape index (κ1) is 51.8. The molecule has 0 spiro atoms. The summed E-state index contributed by atoms with van der Waals surface area (Å²) in [7, 11) is -0.436. The van der Waals surface area contributed by atoms with Gasteiger partial charge in [-0.1, -0.05) is 70.3 Å². The van der Waals surface area contributed by atoms with Crippen molar-refractivity contribution in [1.29, 1.82) is 0 Å². The lowest BCUT2D eigenvalue weighted by atomic mass is 10.1. The first-order valence-corrected chi connectivity index (χ1v) is 20.1. The molecule has 4 rings (SSSR count). The fourth-order valence-electron chi connectivity index (χ4n) is 6.16. The molecule has 342 valence electrons. The molecule has 4 aromatic rings. The number of methoxy groups -OCH3 is 1. The lowest BCUT2D eigenvalue weighted by molar-refractivity contribution is -0.884. The molecule has 0 aliphatic heterocycles. The van der Waals surface area contributed by atoms with Crippen molar-refractivity contribution >= 4 is 13.0 Å². The Labute approximate surface area is 354 Å². The average Bonchev–Trinajstić information content (AvgIpc) is 3.21. The number of rotatable bonds is 21. The molecule has 0 aliphatic carbocycles. The minimum absolute atomic E-state index is 0.0493. The van der Waals surface area contributed by atoms with Crippen molar-refractivity contribution in [2.75, 3.05) is 13.7 Å². The Morgan fingerprint density at radius 2 is 0.903 bits per heavy atom. The lowest BCUT2D eigenvalue weighted by Crippen LogP contribution is -3.11. The molecule has 4 aromatic carbocycles. The fraction of sp³-hybridized carbons (Fsp3) is 0.455. The second-order valence-electron chi connectivity index (χ2n) is 14.4. The van der Waals surface area contributed by atoms with Crippen LogP contribution in [0.5, 0.6) is 17.2 Å². The van der Waals surface area contributed by atoms with Crippen LogP contribution < -0.4 is 18.9 Å². The van der Waals surface area contributed by atoms with E-state index in [-0.39, 0.29) is 22.9 Å². The van der Waals surface area contributed by atoms with Gasteiger partial charge < -0.3 is 18.7 Å². The molecule has 18 heteroatoms. The summed E-state index contributed by atoms with van der Waals surface area (Å²) < 4.78 is 179. The standard InChI is InChI=1S/C37H45BF9NO4.C7H4F3/c1-4-5-6-7-8-9-10-11-12-13-14-25-48(27(2)49-3)33-26-30(37(45,46)47)19-24-34(33)52-38(50-31-20-15-28(16-21-31)35(39,40)41)51-32-22-17-29(18-23-32)36(42,43)44;8-7(9,10)6-4-2-1-3-5-6/h15-24,26-27H,4-14,25H2,1-3H3;2-5H/q;-1/p+1. The molecular formula is C44H50BF12NO4. The number of quaternary nitrogens is 1. The predicted molar refractivity (Wildman–Crippen MR) is 211 cm³/mol. The van der Waals surface area contributed by atoms with Gasteiger partial charge in [-0.3, -0.25) is 4.90 Å². The molecule has 0 saturated heterocycles. The van der Waals surface area contributed by atoms with E-state index < -0.39 is 60.5 Å². The third kappa shape index (κ3) is 18.0. The summed E-state index contributed by atoms with van der Waals surface area (Å²) in [4.78, 5) is 0.502. The van der Waals surface area contributed by atoms with Crippen LogP contribution >= 0.6 is 0 Å². The second-order valence-corrected chi connectivity index (χ2v) is 14.4. The molecule has 0 heterocycles. The van der Waals surface area contributed by atoms with Gasteiger partial charge in [-0.2, -0.15) is 83.0 Å². The number of ether oxygens (including phenoxy) is 1. The molecule has 0 fully saturated rings. The Hall–Kier alpha value is -4.58. The van der Waals surface area contributed by atoms with E-state index in [0.29, 0.717) is 17.9 Å². The molecule has 62 heavy (non-hydrogen) atoms. The summed E-state index contributed by atoms with van der Waals surface area (Å²) in [5.41, 5.74) is -3.49. The molecule has 0 bridgehead atoms. The summed E-state index contributed by atoms with van der Waals surface area (Å²) in [6.45, 7) is 4.23. The van der Waals surface area contributed by atoms with Crippen molar-refractivity contribution in [1.82, 2.24) is 0 Å². The number of halogens is 12. The lowest BCUT2D eigenvalue weighted by Gasteiger charge is -2.27. The van der Waals surface area contributed by atoms with Crippen molar-refractivity contribution in [3.63, 3.8) is 0 Å². The zero-order valence-corrected chi connectivity index (χ0v) is 34.5. The van der Waals surface area contributed by atoms with Gasteiger partial charge in [-0.15, -0.1) is 0 Å².